The molecule has 0 aromatic heterocycles. The maximum atomic E-state index is 12.7. The second kappa shape index (κ2) is 17.8. The van der Waals surface area contributed by atoms with Crippen molar-refractivity contribution >= 4 is 5.97 Å². The molecule has 0 bridgehead atoms. The highest BCUT2D eigenvalue weighted by atomic mass is 16.5. The van der Waals surface area contributed by atoms with Crippen LogP contribution in [0.3, 0.4) is 0 Å². The fraction of sp³-hybridized carbons (Fsp3) is 0.611. The number of hydrogen-bond acceptors (Lipinski definition) is 4. The van der Waals surface area contributed by atoms with Crippen molar-refractivity contribution < 1.29 is 14.3 Å². The SMILES string of the molecule is CCCCCCCCOc1ccc(C(=O)Oc2ccc([C@H]3CC[C@@](C#N)(CCCCCCCC)CC3)cc2)cc1. The standard InChI is InChI=1S/C36H51NO3/c1-3-5-7-9-11-13-25-36(29-37)26-23-31(24-27-36)30-15-21-34(22-16-30)40-35(38)32-17-19-33(20-18-32)39-28-14-12-10-8-6-4-2/h15-22,31H,3-14,23-28H2,1-2H3/t31-,36-. The zero-order valence-electron chi connectivity index (χ0n) is 25.1. The van der Waals surface area contributed by atoms with E-state index in [0.717, 1.165) is 44.3 Å². The summed E-state index contributed by atoms with van der Waals surface area (Å²) >= 11 is 0. The van der Waals surface area contributed by atoms with Crippen molar-refractivity contribution in [3.8, 4) is 17.6 Å². The molecule has 4 nitrogen and oxygen atoms in total. The second-order valence-electron chi connectivity index (χ2n) is 11.8. The van der Waals surface area contributed by atoms with Gasteiger partial charge in [0.05, 0.1) is 23.7 Å². The third-order valence-corrected chi connectivity index (χ3v) is 8.61. The Morgan fingerprint density at radius 1 is 0.775 bits per heavy atom. The van der Waals surface area contributed by atoms with Crippen LogP contribution in [0.4, 0.5) is 0 Å². The highest BCUT2D eigenvalue weighted by molar-refractivity contribution is 5.91. The highest BCUT2D eigenvalue weighted by Crippen LogP contribution is 2.45. The van der Waals surface area contributed by atoms with Gasteiger partial charge in [0, 0.05) is 0 Å². The fourth-order valence-corrected chi connectivity index (χ4v) is 5.90. The molecule has 1 aliphatic carbocycles. The summed E-state index contributed by atoms with van der Waals surface area (Å²) in [7, 11) is 0. The zero-order valence-corrected chi connectivity index (χ0v) is 25.1. The maximum absolute atomic E-state index is 12.7. The molecule has 0 heterocycles. The average molecular weight is 546 g/mol. The molecule has 40 heavy (non-hydrogen) atoms. The molecule has 2 aromatic carbocycles. The van der Waals surface area contributed by atoms with Gasteiger partial charge in [0.25, 0.3) is 0 Å². The lowest BCUT2D eigenvalue weighted by Crippen LogP contribution is -2.25. The number of esters is 1. The van der Waals surface area contributed by atoms with Crippen molar-refractivity contribution in [3.63, 3.8) is 0 Å². The van der Waals surface area contributed by atoms with Crippen LogP contribution in [0, 0.1) is 16.7 Å². The summed E-state index contributed by atoms with van der Waals surface area (Å²) in [6, 6.07) is 17.9. The first kappa shape index (κ1) is 31.7. The van der Waals surface area contributed by atoms with E-state index in [1.165, 1.54) is 76.2 Å². The van der Waals surface area contributed by atoms with Gasteiger partial charge in [-0.1, -0.05) is 96.6 Å². The first-order valence-electron chi connectivity index (χ1n) is 16.1. The number of nitriles is 1. The lowest BCUT2D eigenvalue weighted by Gasteiger charge is -2.35. The molecule has 0 atom stereocenters. The van der Waals surface area contributed by atoms with Crippen LogP contribution >= 0.6 is 0 Å². The van der Waals surface area contributed by atoms with Crippen LogP contribution in [0.2, 0.25) is 0 Å². The maximum Gasteiger partial charge on any atom is 0.343 e. The van der Waals surface area contributed by atoms with Crippen molar-refractivity contribution in [2.75, 3.05) is 6.61 Å². The third-order valence-electron chi connectivity index (χ3n) is 8.61. The van der Waals surface area contributed by atoms with Crippen molar-refractivity contribution in [1.82, 2.24) is 0 Å². The summed E-state index contributed by atoms with van der Waals surface area (Å²) in [5.74, 6) is 1.46. The molecule has 0 saturated heterocycles. The fourth-order valence-electron chi connectivity index (χ4n) is 5.90. The number of benzene rings is 2. The van der Waals surface area contributed by atoms with Gasteiger partial charge in [-0.25, -0.2) is 4.79 Å². The lowest BCUT2D eigenvalue weighted by molar-refractivity contribution is 0.0734. The normalized spacial score (nSPS) is 18.7. The first-order valence-corrected chi connectivity index (χ1v) is 16.1. The van der Waals surface area contributed by atoms with Gasteiger partial charge in [-0.05, 0) is 86.4 Å². The van der Waals surface area contributed by atoms with Gasteiger partial charge in [-0.2, -0.15) is 5.26 Å². The van der Waals surface area contributed by atoms with Gasteiger partial charge in [0.1, 0.15) is 11.5 Å². The molecule has 0 unspecified atom stereocenters. The molecule has 0 radical (unpaired) electrons. The quantitative estimate of drug-likeness (QED) is 0.106. The number of carbonyl (C=O) groups is 1. The van der Waals surface area contributed by atoms with E-state index in [0.29, 0.717) is 23.8 Å². The Balaban J connectivity index is 1.39. The summed E-state index contributed by atoms with van der Waals surface area (Å²) in [5, 5.41) is 9.94. The van der Waals surface area contributed by atoms with E-state index in [1.54, 1.807) is 12.1 Å². The Bertz CT molecular complexity index is 1010. The summed E-state index contributed by atoms with van der Waals surface area (Å²) in [4.78, 5) is 12.7. The lowest BCUT2D eigenvalue weighted by atomic mass is 9.67. The Morgan fingerprint density at radius 2 is 1.32 bits per heavy atom. The molecule has 2 aromatic rings. The molecule has 1 aliphatic rings. The van der Waals surface area contributed by atoms with Gasteiger partial charge < -0.3 is 9.47 Å². The van der Waals surface area contributed by atoms with Crippen molar-refractivity contribution in [2.24, 2.45) is 5.41 Å². The number of carbonyl (C=O) groups excluding carboxylic acids is 1. The van der Waals surface area contributed by atoms with E-state index in [4.69, 9.17) is 9.47 Å². The van der Waals surface area contributed by atoms with E-state index in [1.807, 2.05) is 24.3 Å². The van der Waals surface area contributed by atoms with Crippen molar-refractivity contribution in [3.05, 3.63) is 59.7 Å². The van der Waals surface area contributed by atoms with Crippen LogP contribution in [-0.4, -0.2) is 12.6 Å². The van der Waals surface area contributed by atoms with E-state index in [9.17, 15) is 10.1 Å². The molecule has 3 rings (SSSR count). The topological polar surface area (TPSA) is 59.3 Å². The van der Waals surface area contributed by atoms with Gasteiger partial charge in [-0.3, -0.25) is 0 Å². The molecule has 218 valence electrons. The molecule has 0 amide bonds. The van der Waals surface area contributed by atoms with E-state index in [-0.39, 0.29) is 11.4 Å². The average Bonchev–Trinajstić information content (AvgIpc) is 2.99. The number of ether oxygens (including phenoxy) is 2. The monoisotopic (exact) mass is 545 g/mol. The molecule has 0 spiro atoms. The minimum atomic E-state index is -0.360. The summed E-state index contributed by atoms with van der Waals surface area (Å²) < 4.78 is 11.5. The van der Waals surface area contributed by atoms with Crippen LogP contribution in [0.15, 0.2) is 48.5 Å². The Labute approximate surface area is 243 Å². The van der Waals surface area contributed by atoms with Gasteiger partial charge >= 0.3 is 5.97 Å². The number of unbranched alkanes of at least 4 members (excludes halogenated alkanes) is 10. The van der Waals surface area contributed by atoms with E-state index in [2.05, 4.69) is 32.0 Å². The predicted molar refractivity (Wildman–Crippen MR) is 164 cm³/mol. The molecule has 0 aliphatic heterocycles. The molecule has 1 saturated carbocycles. The van der Waals surface area contributed by atoms with Gasteiger partial charge in [0.2, 0.25) is 0 Å². The Morgan fingerprint density at radius 3 is 1.93 bits per heavy atom. The number of rotatable bonds is 18. The van der Waals surface area contributed by atoms with Crippen molar-refractivity contribution in [1.29, 1.82) is 5.26 Å². The molecular weight excluding hydrogens is 494 g/mol. The molecule has 0 N–H and O–H groups in total. The summed E-state index contributed by atoms with van der Waals surface area (Å²) in [6.45, 7) is 5.19. The highest BCUT2D eigenvalue weighted by Gasteiger charge is 2.35. The van der Waals surface area contributed by atoms with Crippen LogP contribution in [0.5, 0.6) is 11.5 Å². The van der Waals surface area contributed by atoms with Gasteiger partial charge in [-0.15, -0.1) is 0 Å². The third kappa shape index (κ3) is 10.6. The van der Waals surface area contributed by atoms with Crippen LogP contribution < -0.4 is 9.47 Å². The number of nitrogens with zero attached hydrogens (tertiary/aromatic N) is 1. The van der Waals surface area contributed by atoms with Crippen molar-refractivity contribution in [2.45, 2.75) is 129 Å². The Kier molecular flexibility index (Phi) is 14.1. The minimum absolute atomic E-state index is 0.133. The second-order valence-corrected chi connectivity index (χ2v) is 11.8. The molecule has 1 fully saturated rings. The smallest absolute Gasteiger partial charge is 0.343 e. The van der Waals surface area contributed by atoms with Crippen LogP contribution in [0.1, 0.15) is 145 Å². The summed E-state index contributed by atoms with van der Waals surface area (Å²) in [6.07, 6.45) is 20.2. The van der Waals surface area contributed by atoms with E-state index < -0.39 is 0 Å². The first-order chi connectivity index (χ1) is 19.6. The van der Waals surface area contributed by atoms with Crippen LogP contribution in [-0.2, 0) is 0 Å². The predicted octanol–water partition coefficient (Wildman–Crippen LogP) is 10.6. The molecular formula is C36H51NO3. The minimum Gasteiger partial charge on any atom is -0.494 e. The molecule has 4 heteroatoms. The summed E-state index contributed by atoms with van der Waals surface area (Å²) in [5.41, 5.74) is 1.66. The Hall–Kier alpha value is -2.80. The van der Waals surface area contributed by atoms with Gasteiger partial charge in [0.15, 0.2) is 0 Å². The zero-order chi connectivity index (χ0) is 28.5. The van der Waals surface area contributed by atoms with E-state index >= 15 is 0 Å². The largest absolute Gasteiger partial charge is 0.494 e. The number of hydrogen-bond donors (Lipinski definition) is 0. The van der Waals surface area contributed by atoms with Crippen LogP contribution in [0.25, 0.3) is 0 Å².